The first-order valence-corrected chi connectivity index (χ1v) is 9.27. The predicted molar refractivity (Wildman–Crippen MR) is 91.5 cm³/mol. The van der Waals surface area contributed by atoms with Gasteiger partial charge in [0.15, 0.2) is 0 Å². The van der Waals surface area contributed by atoms with E-state index in [9.17, 15) is 8.78 Å². The minimum absolute atomic E-state index is 0.0781. The van der Waals surface area contributed by atoms with Crippen molar-refractivity contribution in [2.75, 3.05) is 18.0 Å². The lowest BCUT2D eigenvalue weighted by Gasteiger charge is -2.29. The molecular weight excluding hydrogens is 330 g/mol. The summed E-state index contributed by atoms with van der Waals surface area (Å²) < 4.78 is 34.8. The quantitative estimate of drug-likeness (QED) is 0.791. The average Bonchev–Trinajstić information content (AvgIpc) is 3.00. The van der Waals surface area contributed by atoms with Crippen LogP contribution in [-0.4, -0.2) is 24.2 Å². The number of rotatable bonds is 4. The van der Waals surface area contributed by atoms with Gasteiger partial charge in [0.25, 0.3) is 0 Å². The first kappa shape index (κ1) is 15.8. The number of nitrogens with zero attached hydrogens (tertiary/aromatic N) is 2. The third kappa shape index (κ3) is 3.11. The number of ether oxygens (including phenoxy) is 1. The maximum absolute atomic E-state index is 14.5. The zero-order valence-corrected chi connectivity index (χ0v) is 14.1. The van der Waals surface area contributed by atoms with Gasteiger partial charge in [0.2, 0.25) is 5.88 Å². The second-order valence-electron chi connectivity index (χ2n) is 6.30. The van der Waals surface area contributed by atoms with Gasteiger partial charge in [0, 0.05) is 18.7 Å². The highest BCUT2D eigenvalue weighted by Crippen LogP contribution is 2.34. The van der Waals surface area contributed by atoms with Gasteiger partial charge in [-0.3, -0.25) is 0 Å². The standard InChI is InChI=1S/C18H19F2N2OS/c19-14-9-12(10-15(20)17(14)22-7-2-1-3-8-22)18-21-16(11-24-18)23-13-5-4-6-13/h1,9-11,13H,2-8H2. The minimum atomic E-state index is -0.524. The van der Waals surface area contributed by atoms with Crippen LogP contribution >= 0.6 is 11.3 Å². The fourth-order valence-corrected chi connectivity index (χ4v) is 3.79. The van der Waals surface area contributed by atoms with Crippen molar-refractivity contribution in [2.45, 2.75) is 38.2 Å². The molecule has 0 atom stereocenters. The topological polar surface area (TPSA) is 25.4 Å². The third-order valence-corrected chi connectivity index (χ3v) is 5.48. The summed E-state index contributed by atoms with van der Waals surface area (Å²) in [6.07, 6.45) is 7.40. The Morgan fingerprint density at radius 3 is 2.46 bits per heavy atom. The summed E-state index contributed by atoms with van der Waals surface area (Å²) in [5.41, 5.74) is 0.542. The van der Waals surface area contributed by atoms with E-state index in [0.717, 1.165) is 25.7 Å². The Kier molecular flexibility index (Phi) is 4.39. The van der Waals surface area contributed by atoms with Crippen molar-refractivity contribution in [3.63, 3.8) is 0 Å². The molecule has 4 rings (SSSR count). The summed E-state index contributed by atoms with van der Waals surface area (Å²) in [5.74, 6) is -0.497. The largest absolute Gasteiger partial charge is 0.474 e. The molecule has 0 spiro atoms. The van der Waals surface area contributed by atoms with Crippen LogP contribution in [0.4, 0.5) is 14.5 Å². The fraction of sp³-hybridized carbons (Fsp3) is 0.444. The monoisotopic (exact) mass is 349 g/mol. The van der Waals surface area contributed by atoms with Crippen LogP contribution in [0.5, 0.6) is 5.88 Å². The third-order valence-electron chi connectivity index (χ3n) is 4.61. The molecule has 0 amide bonds. The highest BCUT2D eigenvalue weighted by atomic mass is 32.1. The lowest BCUT2D eigenvalue weighted by Crippen LogP contribution is -2.31. The molecule has 2 aromatic rings. The molecule has 1 aromatic heterocycles. The molecule has 2 fully saturated rings. The molecule has 1 aliphatic heterocycles. The lowest BCUT2D eigenvalue weighted by atomic mass is 9.96. The fourth-order valence-electron chi connectivity index (χ4n) is 3.07. The molecule has 1 saturated carbocycles. The Bertz CT molecular complexity index is 701. The molecule has 6 heteroatoms. The number of aromatic nitrogens is 1. The SMILES string of the molecule is Fc1cc(-c2nc(OC3CCC3)cs2)cc(F)c1N1CC[CH]CC1. The van der Waals surface area contributed by atoms with E-state index < -0.39 is 11.6 Å². The Morgan fingerprint density at radius 1 is 1.12 bits per heavy atom. The van der Waals surface area contributed by atoms with E-state index in [1.165, 1.54) is 29.9 Å². The minimum Gasteiger partial charge on any atom is -0.474 e. The first-order chi connectivity index (χ1) is 11.7. The van der Waals surface area contributed by atoms with E-state index in [-0.39, 0.29) is 11.8 Å². The van der Waals surface area contributed by atoms with E-state index in [1.807, 2.05) is 0 Å². The Labute approximate surface area is 144 Å². The van der Waals surface area contributed by atoms with Gasteiger partial charge in [-0.05, 0) is 50.7 Å². The van der Waals surface area contributed by atoms with Crippen LogP contribution in [0.2, 0.25) is 0 Å². The van der Waals surface area contributed by atoms with Crippen LogP contribution in [0.3, 0.4) is 0 Å². The molecule has 2 aliphatic rings. The van der Waals surface area contributed by atoms with Crippen LogP contribution in [0.15, 0.2) is 17.5 Å². The molecule has 1 aromatic carbocycles. The van der Waals surface area contributed by atoms with Gasteiger partial charge >= 0.3 is 0 Å². The van der Waals surface area contributed by atoms with Crippen LogP contribution in [-0.2, 0) is 0 Å². The summed E-state index contributed by atoms with van der Waals surface area (Å²) in [6, 6.07) is 2.76. The molecule has 0 N–H and O–H groups in total. The van der Waals surface area contributed by atoms with Crippen LogP contribution in [0, 0.1) is 18.1 Å². The van der Waals surface area contributed by atoms with Crippen LogP contribution in [0.1, 0.15) is 32.1 Å². The summed E-state index contributed by atoms with van der Waals surface area (Å²) in [5, 5.41) is 2.39. The van der Waals surface area contributed by atoms with Crippen molar-refractivity contribution in [3.8, 4) is 16.5 Å². The molecule has 1 aliphatic carbocycles. The molecule has 1 radical (unpaired) electrons. The van der Waals surface area contributed by atoms with Crippen LogP contribution < -0.4 is 9.64 Å². The van der Waals surface area contributed by atoms with Gasteiger partial charge in [-0.25, -0.2) is 13.8 Å². The second-order valence-corrected chi connectivity index (χ2v) is 7.16. The molecule has 2 heterocycles. The molecule has 3 nitrogen and oxygen atoms in total. The summed E-state index contributed by atoms with van der Waals surface area (Å²) in [7, 11) is 0. The highest BCUT2D eigenvalue weighted by molar-refractivity contribution is 7.13. The van der Waals surface area contributed by atoms with Gasteiger partial charge in [-0.1, -0.05) is 0 Å². The zero-order chi connectivity index (χ0) is 16.5. The van der Waals surface area contributed by atoms with E-state index in [2.05, 4.69) is 11.4 Å². The van der Waals surface area contributed by atoms with Crippen molar-refractivity contribution < 1.29 is 13.5 Å². The number of hydrogen-bond acceptors (Lipinski definition) is 4. The zero-order valence-electron chi connectivity index (χ0n) is 13.3. The van der Waals surface area contributed by atoms with Gasteiger partial charge in [-0.2, -0.15) is 0 Å². The van der Waals surface area contributed by atoms with Gasteiger partial charge in [0.05, 0.1) is 5.38 Å². The number of halogens is 2. The molecule has 127 valence electrons. The van der Waals surface area contributed by atoms with Crippen molar-refractivity contribution >= 4 is 17.0 Å². The molecule has 24 heavy (non-hydrogen) atoms. The number of hydrogen-bond donors (Lipinski definition) is 0. The van der Waals surface area contributed by atoms with E-state index in [0.29, 0.717) is 29.5 Å². The molecule has 0 unspecified atom stereocenters. The van der Waals surface area contributed by atoms with Crippen molar-refractivity contribution in [1.29, 1.82) is 0 Å². The van der Waals surface area contributed by atoms with E-state index in [4.69, 9.17) is 4.74 Å². The molecule has 0 bridgehead atoms. The normalized spacial score (nSPS) is 18.5. The number of piperidine rings is 1. The highest BCUT2D eigenvalue weighted by Gasteiger charge is 2.23. The number of benzene rings is 1. The van der Waals surface area contributed by atoms with Gasteiger partial charge < -0.3 is 9.64 Å². The van der Waals surface area contributed by atoms with Gasteiger partial charge in [-0.15, -0.1) is 11.3 Å². The summed E-state index contributed by atoms with van der Waals surface area (Å²) in [4.78, 5) is 6.15. The van der Waals surface area contributed by atoms with E-state index >= 15 is 0 Å². The maximum atomic E-state index is 14.5. The van der Waals surface area contributed by atoms with Crippen molar-refractivity contribution in [2.24, 2.45) is 0 Å². The van der Waals surface area contributed by atoms with Gasteiger partial charge in [0.1, 0.15) is 28.4 Å². The Morgan fingerprint density at radius 2 is 1.83 bits per heavy atom. The molecule has 1 saturated heterocycles. The maximum Gasteiger partial charge on any atom is 0.225 e. The van der Waals surface area contributed by atoms with Crippen molar-refractivity contribution in [1.82, 2.24) is 4.98 Å². The molecular formula is C18H19F2N2OS. The van der Waals surface area contributed by atoms with E-state index in [1.54, 1.807) is 10.3 Å². The number of thiazole rings is 1. The van der Waals surface area contributed by atoms with Crippen molar-refractivity contribution in [3.05, 3.63) is 35.6 Å². The van der Waals surface area contributed by atoms with Crippen LogP contribution in [0.25, 0.3) is 10.6 Å². The average molecular weight is 349 g/mol. The summed E-state index contributed by atoms with van der Waals surface area (Å²) >= 11 is 1.35. The lowest BCUT2D eigenvalue weighted by molar-refractivity contribution is 0.115. The number of anilines is 1. The predicted octanol–water partition coefficient (Wildman–Crippen LogP) is 4.82. The second kappa shape index (κ2) is 6.67. The smallest absolute Gasteiger partial charge is 0.225 e. The Hall–Kier alpha value is -1.69. The first-order valence-electron chi connectivity index (χ1n) is 8.39. The Balaban J connectivity index is 1.57. The summed E-state index contributed by atoms with van der Waals surface area (Å²) in [6.45, 7) is 1.31.